The van der Waals surface area contributed by atoms with Crippen molar-refractivity contribution in [3.05, 3.63) is 58.0 Å². The van der Waals surface area contributed by atoms with E-state index in [0.717, 1.165) is 31.4 Å². The summed E-state index contributed by atoms with van der Waals surface area (Å²) in [6.45, 7) is 0. The van der Waals surface area contributed by atoms with Crippen molar-refractivity contribution in [1.29, 1.82) is 0 Å². The zero-order chi connectivity index (χ0) is 13.0. The smallest absolute Gasteiger partial charge is 0.136 e. The summed E-state index contributed by atoms with van der Waals surface area (Å²) < 4.78 is 6.97. The lowest BCUT2D eigenvalue weighted by Crippen LogP contribution is -1.76. The van der Waals surface area contributed by atoms with Gasteiger partial charge in [-0.2, -0.15) is 0 Å². The first kappa shape index (κ1) is 11.3. The van der Waals surface area contributed by atoms with E-state index >= 15 is 0 Å². The second kappa shape index (κ2) is 3.99. The molecular weight excluding hydrogens is 324 g/mol. The molecule has 92 valence electrons. The number of hydrogen-bond acceptors (Lipinski definition) is 1. The van der Waals surface area contributed by atoms with Crippen molar-refractivity contribution < 1.29 is 4.42 Å². The van der Waals surface area contributed by atoms with E-state index in [1.165, 1.54) is 10.8 Å². The Kier molecular flexibility index (Phi) is 2.38. The maximum Gasteiger partial charge on any atom is 0.136 e. The standard InChI is InChI=1S/C16H8BrClO/c17-13-3-1-2-11-10(13)5-7-15-16(11)12-8-9(18)4-6-14(12)19-15/h1-8H. The third-order valence-electron chi connectivity index (χ3n) is 3.40. The molecule has 0 aliphatic heterocycles. The van der Waals surface area contributed by atoms with Crippen molar-refractivity contribution in [3.63, 3.8) is 0 Å². The van der Waals surface area contributed by atoms with E-state index in [4.69, 9.17) is 16.0 Å². The molecule has 0 N–H and O–H groups in total. The Balaban J connectivity index is 2.34. The maximum atomic E-state index is 6.11. The van der Waals surface area contributed by atoms with E-state index in [1.807, 2.05) is 36.4 Å². The van der Waals surface area contributed by atoms with Crippen molar-refractivity contribution in [2.24, 2.45) is 0 Å². The topological polar surface area (TPSA) is 13.1 Å². The molecule has 1 heterocycles. The second-order valence-electron chi connectivity index (χ2n) is 4.52. The molecule has 4 rings (SSSR count). The molecular formula is C16H8BrClO. The van der Waals surface area contributed by atoms with Gasteiger partial charge < -0.3 is 4.42 Å². The summed E-state index contributed by atoms with van der Waals surface area (Å²) in [5, 5.41) is 5.26. The molecule has 0 aliphatic rings. The van der Waals surface area contributed by atoms with Crippen molar-refractivity contribution in [2.45, 2.75) is 0 Å². The molecule has 0 aliphatic carbocycles. The van der Waals surface area contributed by atoms with Crippen molar-refractivity contribution in [1.82, 2.24) is 0 Å². The Morgan fingerprint density at radius 3 is 2.58 bits per heavy atom. The Hall–Kier alpha value is -1.51. The number of furan rings is 1. The molecule has 0 unspecified atom stereocenters. The molecule has 0 saturated heterocycles. The van der Waals surface area contributed by atoms with Crippen LogP contribution in [0.15, 0.2) is 57.4 Å². The summed E-state index contributed by atoms with van der Waals surface area (Å²) >= 11 is 9.70. The van der Waals surface area contributed by atoms with Crippen molar-refractivity contribution in [3.8, 4) is 0 Å². The zero-order valence-electron chi connectivity index (χ0n) is 9.78. The summed E-state index contributed by atoms with van der Waals surface area (Å²) in [7, 11) is 0. The highest BCUT2D eigenvalue weighted by Crippen LogP contribution is 2.37. The van der Waals surface area contributed by atoms with Gasteiger partial charge in [0.05, 0.1) is 0 Å². The van der Waals surface area contributed by atoms with Crippen LogP contribution in [0.5, 0.6) is 0 Å². The quantitative estimate of drug-likeness (QED) is 0.376. The van der Waals surface area contributed by atoms with E-state index in [1.54, 1.807) is 0 Å². The minimum Gasteiger partial charge on any atom is -0.456 e. The van der Waals surface area contributed by atoms with Gasteiger partial charge in [-0.3, -0.25) is 0 Å². The van der Waals surface area contributed by atoms with Gasteiger partial charge in [-0.05, 0) is 47.2 Å². The SMILES string of the molecule is Clc1ccc2oc3ccc4c(Br)cccc4c3c2c1. The van der Waals surface area contributed by atoms with Gasteiger partial charge >= 0.3 is 0 Å². The van der Waals surface area contributed by atoms with Crippen LogP contribution >= 0.6 is 27.5 Å². The van der Waals surface area contributed by atoms with E-state index < -0.39 is 0 Å². The average molecular weight is 332 g/mol. The normalized spacial score (nSPS) is 11.7. The maximum absolute atomic E-state index is 6.11. The predicted octanol–water partition coefficient (Wildman–Crippen LogP) is 6.16. The largest absolute Gasteiger partial charge is 0.456 e. The van der Waals surface area contributed by atoms with Crippen LogP contribution in [0.4, 0.5) is 0 Å². The third kappa shape index (κ3) is 1.60. The van der Waals surface area contributed by atoms with Crippen LogP contribution in [0.25, 0.3) is 32.7 Å². The van der Waals surface area contributed by atoms with E-state index in [-0.39, 0.29) is 0 Å². The first-order valence-electron chi connectivity index (χ1n) is 5.93. The lowest BCUT2D eigenvalue weighted by Gasteiger charge is -2.01. The molecule has 4 aromatic rings. The van der Waals surface area contributed by atoms with Gasteiger partial charge in [-0.1, -0.05) is 39.7 Å². The first-order chi connectivity index (χ1) is 9.24. The Morgan fingerprint density at radius 1 is 0.842 bits per heavy atom. The van der Waals surface area contributed by atoms with E-state index in [0.29, 0.717) is 0 Å². The van der Waals surface area contributed by atoms with Crippen molar-refractivity contribution in [2.75, 3.05) is 0 Å². The minimum absolute atomic E-state index is 0.724. The summed E-state index contributed by atoms with van der Waals surface area (Å²) in [6, 6.07) is 16.0. The number of halogens is 2. The summed E-state index contributed by atoms with van der Waals surface area (Å²) in [4.78, 5) is 0. The van der Waals surface area contributed by atoms with Gasteiger partial charge in [0, 0.05) is 20.3 Å². The Bertz CT molecular complexity index is 940. The highest BCUT2D eigenvalue weighted by molar-refractivity contribution is 9.10. The van der Waals surface area contributed by atoms with Crippen LogP contribution in [0, 0.1) is 0 Å². The van der Waals surface area contributed by atoms with Gasteiger partial charge in [-0.25, -0.2) is 0 Å². The monoisotopic (exact) mass is 330 g/mol. The van der Waals surface area contributed by atoms with Gasteiger partial charge in [0.15, 0.2) is 0 Å². The predicted molar refractivity (Wildman–Crippen MR) is 83.9 cm³/mol. The summed E-state index contributed by atoms with van der Waals surface area (Å²) in [5.41, 5.74) is 1.76. The van der Waals surface area contributed by atoms with Gasteiger partial charge in [-0.15, -0.1) is 0 Å². The lowest BCUT2D eigenvalue weighted by atomic mass is 10.0. The number of fused-ring (bicyclic) bond motifs is 5. The fourth-order valence-corrected chi connectivity index (χ4v) is 3.24. The van der Waals surface area contributed by atoms with E-state index in [2.05, 4.69) is 28.1 Å². The fraction of sp³-hybridized carbons (Fsp3) is 0. The first-order valence-corrected chi connectivity index (χ1v) is 7.10. The van der Waals surface area contributed by atoms with Crippen LogP contribution < -0.4 is 0 Å². The highest BCUT2D eigenvalue weighted by Gasteiger charge is 2.11. The molecule has 0 amide bonds. The molecule has 0 spiro atoms. The summed E-state index contributed by atoms with van der Waals surface area (Å²) in [5.74, 6) is 0. The van der Waals surface area contributed by atoms with E-state index in [9.17, 15) is 0 Å². The summed E-state index contributed by atoms with van der Waals surface area (Å²) in [6.07, 6.45) is 0. The molecule has 0 atom stereocenters. The molecule has 0 fully saturated rings. The Morgan fingerprint density at radius 2 is 1.68 bits per heavy atom. The molecule has 1 nitrogen and oxygen atoms in total. The molecule has 0 radical (unpaired) electrons. The third-order valence-corrected chi connectivity index (χ3v) is 4.33. The molecule has 3 aromatic carbocycles. The highest BCUT2D eigenvalue weighted by atomic mass is 79.9. The number of rotatable bonds is 0. The zero-order valence-corrected chi connectivity index (χ0v) is 12.1. The second-order valence-corrected chi connectivity index (χ2v) is 5.81. The van der Waals surface area contributed by atoms with Crippen LogP contribution in [-0.2, 0) is 0 Å². The van der Waals surface area contributed by atoms with Crippen LogP contribution in [0.2, 0.25) is 5.02 Å². The molecule has 3 heteroatoms. The van der Waals surface area contributed by atoms with Crippen LogP contribution in [0.1, 0.15) is 0 Å². The van der Waals surface area contributed by atoms with Gasteiger partial charge in [0.2, 0.25) is 0 Å². The fourth-order valence-electron chi connectivity index (χ4n) is 2.57. The number of benzene rings is 3. The van der Waals surface area contributed by atoms with Crippen molar-refractivity contribution >= 4 is 60.2 Å². The number of hydrogen-bond donors (Lipinski definition) is 0. The molecule has 0 saturated carbocycles. The molecule has 19 heavy (non-hydrogen) atoms. The van der Waals surface area contributed by atoms with Gasteiger partial charge in [0.25, 0.3) is 0 Å². The van der Waals surface area contributed by atoms with Crippen LogP contribution in [0.3, 0.4) is 0 Å². The average Bonchev–Trinajstić information content (AvgIpc) is 2.77. The Labute approximate surface area is 122 Å². The van der Waals surface area contributed by atoms with Gasteiger partial charge in [0.1, 0.15) is 11.2 Å². The lowest BCUT2D eigenvalue weighted by molar-refractivity contribution is 0.669. The molecule has 1 aromatic heterocycles. The molecule has 0 bridgehead atoms. The minimum atomic E-state index is 0.724. The van der Waals surface area contributed by atoms with Crippen LogP contribution in [-0.4, -0.2) is 0 Å².